The molecule has 0 aliphatic rings. The van der Waals surface area contributed by atoms with Crippen LogP contribution in [0.4, 0.5) is 4.39 Å². The van der Waals surface area contributed by atoms with Crippen LogP contribution in [-0.4, -0.2) is 25.9 Å². The van der Waals surface area contributed by atoms with E-state index in [0.29, 0.717) is 45.3 Å². The van der Waals surface area contributed by atoms with Gasteiger partial charge in [-0.15, -0.1) is 0 Å². The maximum atomic E-state index is 15.1. The highest BCUT2D eigenvalue weighted by Gasteiger charge is 2.14. The monoisotopic (exact) mass is 452 g/mol. The van der Waals surface area contributed by atoms with Gasteiger partial charge in [0.05, 0.1) is 14.2 Å². The zero-order valence-electron chi connectivity index (χ0n) is 18.3. The SMILES string of the molecule is COc1cc(C(=N)N)ccc1OCc1cccc(COc2ccc(C(=N)N)cc2OC)c1F. The predicted molar refractivity (Wildman–Crippen MR) is 123 cm³/mol. The fourth-order valence-electron chi connectivity index (χ4n) is 3.08. The number of hydrogen-bond donors (Lipinski definition) is 4. The standard InChI is InChI=1S/C24H25FN4O4/c1-30-20-10-14(23(26)27)6-8-18(20)32-12-16-4-3-5-17(22(16)25)13-33-19-9-7-15(24(28)29)11-21(19)31-2/h3-11H,12-13H2,1-2H3,(H3,26,27)(H3,28,29). The van der Waals surface area contributed by atoms with Crippen LogP contribution in [0, 0.1) is 16.6 Å². The zero-order chi connectivity index (χ0) is 24.0. The van der Waals surface area contributed by atoms with Crippen LogP contribution in [0.5, 0.6) is 23.0 Å². The summed E-state index contributed by atoms with van der Waals surface area (Å²) in [5.74, 6) is 0.957. The lowest BCUT2D eigenvalue weighted by Crippen LogP contribution is -2.11. The number of nitrogen functional groups attached to an aromatic ring is 2. The minimum atomic E-state index is -0.448. The maximum Gasteiger partial charge on any atom is 0.161 e. The molecule has 0 saturated carbocycles. The Kier molecular flexibility index (Phi) is 7.34. The second-order valence-corrected chi connectivity index (χ2v) is 7.03. The van der Waals surface area contributed by atoms with Crippen molar-refractivity contribution in [2.24, 2.45) is 11.5 Å². The first-order valence-corrected chi connectivity index (χ1v) is 9.90. The van der Waals surface area contributed by atoms with Crippen molar-refractivity contribution in [1.82, 2.24) is 0 Å². The Morgan fingerprint density at radius 3 is 1.52 bits per heavy atom. The third kappa shape index (κ3) is 5.51. The first kappa shape index (κ1) is 23.4. The third-order valence-electron chi connectivity index (χ3n) is 4.87. The van der Waals surface area contributed by atoms with E-state index in [-0.39, 0.29) is 24.9 Å². The number of halogens is 1. The Morgan fingerprint density at radius 2 is 1.15 bits per heavy atom. The molecule has 0 aliphatic heterocycles. The molecule has 3 rings (SSSR count). The van der Waals surface area contributed by atoms with E-state index in [0.717, 1.165) is 0 Å². The molecule has 0 unspecified atom stereocenters. The van der Waals surface area contributed by atoms with Crippen molar-refractivity contribution in [1.29, 1.82) is 10.8 Å². The molecule has 8 nitrogen and oxygen atoms in total. The number of methoxy groups -OCH3 is 2. The molecule has 0 saturated heterocycles. The summed E-state index contributed by atoms with van der Waals surface area (Å²) in [7, 11) is 2.95. The van der Waals surface area contributed by atoms with Crippen LogP contribution in [0.15, 0.2) is 54.6 Å². The Balaban J connectivity index is 1.73. The van der Waals surface area contributed by atoms with E-state index >= 15 is 4.39 Å². The number of amidine groups is 2. The summed E-state index contributed by atoms with van der Waals surface area (Å²) in [6, 6.07) is 14.6. The van der Waals surface area contributed by atoms with E-state index in [1.54, 1.807) is 54.6 Å². The molecule has 0 bridgehead atoms. The van der Waals surface area contributed by atoms with Crippen molar-refractivity contribution in [3.8, 4) is 23.0 Å². The molecular formula is C24H25FN4O4. The Labute approximate surface area is 190 Å². The van der Waals surface area contributed by atoms with E-state index < -0.39 is 5.82 Å². The first-order chi connectivity index (χ1) is 15.8. The smallest absolute Gasteiger partial charge is 0.161 e. The second kappa shape index (κ2) is 10.4. The van der Waals surface area contributed by atoms with Crippen molar-refractivity contribution >= 4 is 11.7 Å². The molecule has 6 N–H and O–H groups in total. The molecule has 172 valence electrons. The lowest BCUT2D eigenvalue weighted by atomic mass is 10.1. The number of rotatable bonds is 10. The normalized spacial score (nSPS) is 10.4. The van der Waals surface area contributed by atoms with Gasteiger partial charge in [0.1, 0.15) is 30.7 Å². The van der Waals surface area contributed by atoms with Gasteiger partial charge < -0.3 is 30.4 Å². The summed E-state index contributed by atoms with van der Waals surface area (Å²) in [6.07, 6.45) is 0. The molecule has 33 heavy (non-hydrogen) atoms. The van der Waals surface area contributed by atoms with Gasteiger partial charge in [-0.2, -0.15) is 0 Å². The third-order valence-corrected chi connectivity index (χ3v) is 4.87. The van der Waals surface area contributed by atoms with Crippen molar-refractivity contribution < 1.29 is 23.3 Å². The van der Waals surface area contributed by atoms with Gasteiger partial charge in [0.2, 0.25) is 0 Å². The van der Waals surface area contributed by atoms with Gasteiger partial charge in [-0.3, -0.25) is 10.8 Å². The van der Waals surface area contributed by atoms with Crippen LogP contribution in [0.1, 0.15) is 22.3 Å². The molecule has 0 atom stereocenters. The van der Waals surface area contributed by atoms with Crippen molar-refractivity contribution in [2.75, 3.05) is 14.2 Å². The molecule has 0 amide bonds. The van der Waals surface area contributed by atoms with Gasteiger partial charge in [0, 0.05) is 22.3 Å². The predicted octanol–water partition coefficient (Wildman–Crippen LogP) is 3.57. The van der Waals surface area contributed by atoms with Crippen LogP contribution >= 0.6 is 0 Å². The summed E-state index contributed by atoms with van der Waals surface area (Å²) in [5, 5.41) is 15.0. The summed E-state index contributed by atoms with van der Waals surface area (Å²) in [5.41, 5.74) is 12.7. The lowest BCUT2D eigenvalue weighted by molar-refractivity contribution is 0.270. The number of ether oxygens (including phenoxy) is 4. The van der Waals surface area contributed by atoms with Gasteiger partial charge in [-0.05, 0) is 36.4 Å². The van der Waals surface area contributed by atoms with Crippen LogP contribution in [0.25, 0.3) is 0 Å². The van der Waals surface area contributed by atoms with E-state index in [1.165, 1.54) is 14.2 Å². The molecule has 0 aromatic heterocycles. The molecule has 0 spiro atoms. The summed E-state index contributed by atoms with van der Waals surface area (Å²) < 4.78 is 37.1. The molecule has 0 heterocycles. The van der Waals surface area contributed by atoms with Gasteiger partial charge in [0.25, 0.3) is 0 Å². The minimum Gasteiger partial charge on any atom is -0.493 e. The fourth-order valence-corrected chi connectivity index (χ4v) is 3.08. The topological polar surface area (TPSA) is 137 Å². The molecule has 3 aromatic carbocycles. The van der Waals surface area contributed by atoms with E-state index in [1.807, 2.05) is 0 Å². The second-order valence-electron chi connectivity index (χ2n) is 7.03. The highest BCUT2D eigenvalue weighted by molar-refractivity contribution is 5.96. The maximum absolute atomic E-state index is 15.1. The largest absolute Gasteiger partial charge is 0.493 e. The number of hydrogen-bond acceptors (Lipinski definition) is 6. The van der Waals surface area contributed by atoms with E-state index in [9.17, 15) is 0 Å². The summed E-state index contributed by atoms with van der Waals surface area (Å²) in [4.78, 5) is 0. The van der Waals surface area contributed by atoms with Crippen LogP contribution in [-0.2, 0) is 13.2 Å². The van der Waals surface area contributed by atoms with E-state index in [2.05, 4.69) is 0 Å². The van der Waals surface area contributed by atoms with Gasteiger partial charge >= 0.3 is 0 Å². The molecule has 0 aliphatic carbocycles. The number of benzene rings is 3. The first-order valence-electron chi connectivity index (χ1n) is 9.90. The highest BCUT2D eigenvalue weighted by Crippen LogP contribution is 2.31. The zero-order valence-corrected chi connectivity index (χ0v) is 18.3. The van der Waals surface area contributed by atoms with Crippen molar-refractivity contribution in [3.05, 3.63) is 82.7 Å². The van der Waals surface area contributed by atoms with Crippen molar-refractivity contribution in [2.45, 2.75) is 13.2 Å². The van der Waals surface area contributed by atoms with Crippen LogP contribution < -0.4 is 30.4 Å². The number of nitrogens with one attached hydrogen (secondary N) is 2. The van der Waals surface area contributed by atoms with Gasteiger partial charge in [-0.1, -0.05) is 18.2 Å². The van der Waals surface area contributed by atoms with Gasteiger partial charge in [-0.25, -0.2) is 4.39 Å². The molecule has 9 heteroatoms. The average molecular weight is 452 g/mol. The Bertz CT molecular complexity index is 1100. The summed E-state index contributed by atoms with van der Waals surface area (Å²) >= 11 is 0. The van der Waals surface area contributed by atoms with Crippen LogP contribution in [0.2, 0.25) is 0 Å². The van der Waals surface area contributed by atoms with Gasteiger partial charge in [0.15, 0.2) is 23.0 Å². The highest BCUT2D eigenvalue weighted by atomic mass is 19.1. The van der Waals surface area contributed by atoms with Crippen LogP contribution in [0.3, 0.4) is 0 Å². The minimum absolute atomic E-state index is 0.0356. The average Bonchev–Trinajstić information content (AvgIpc) is 2.82. The van der Waals surface area contributed by atoms with Crippen molar-refractivity contribution in [3.63, 3.8) is 0 Å². The molecular weight excluding hydrogens is 427 g/mol. The lowest BCUT2D eigenvalue weighted by Gasteiger charge is -2.15. The quantitative estimate of drug-likeness (QED) is 0.274. The number of nitrogens with two attached hydrogens (primary N) is 2. The Morgan fingerprint density at radius 1 is 0.727 bits per heavy atom. The molecule has 0 fully saturated rings. The van der Waals surface area contributed by atoms with E-state index in [4.69, 9.17) is 41.2 Å². The summed E-state index contributed by atoms with van der Waals surface area (Å²) in [6.45, 7) is -0.0713. The molecule has 3 aromatic rings. The molecule has 0 radical (unpaired) electrons. The Hall–Kier alpha value is -4.27. The fraction of sp³-hybridized carbons (Fsp3) is 0.167.